The van der Waals surface area contributed by atoms with Crippen molar-refractivity contribution in [2.75, 3.05) is 0 Å². The van der Waals surface area contributed by atoms with E-state index in [0.717, 1.165) is 27.7 Å². The molecule has 0 spiro atoms. The molecule has 0 unspecified atom stereocenters. The Hall–Kier alpha value is -5.62. The number of imidazole rings is 1. The number of hydrogen-bond acceptors (Lipinski definition) is 3. The smallest absolute Gasteiger partial charge is 0.307 e. The van der Waals surface area contributed by atoms with Crippen molar-refractivity contribution in [2.24, 2.45) is 0 Å². The molecule has 5 heteroatoms. The van der Waals surface area contributed by atoms with E-state index < -0.39 is 8.07 Å². The number of oxazole rings is 1. The fourth-order valence-corrected chi connectivity index (χ4v) is 16.5. The first-order chi connectivity index (χ1) is 27.9. The first kappa shape index (κ1) is 36.7. The van der Waals surface area contributed by atoms with Crippen LogP contribution in [0.5, 0.6) is 0 Å². The molecule has 0 atom stereocenters. The zero-order valence-electron chi connectivity index (χ0n) is 34.3. The van der Waals surface area contributed by atoms with Gasteiger partial charge in [0.15, 0.2) is 13.7 Å². The van der Waals surface area contributed by atoms with Crippen molar-refractivity contribution < 1.29 is 4.42 Å². The van der Waals surface area contributed by atoms with Crippen LogP contribution >= 0.6 is 11.8 Å². The lowest BCUT2D eigenvalue weighted by Crippen LogP contribution is -2.75. The molecule has 0 saturated carbocycles. The molecule has 286 valence electrons. The van der Waals surface area contributed by atoms with Gasteiger partial charge in [-0.1, -0.05) is 200 Å². The summed E-state index contributed by atoms with van der Waals surface area (Å²) in [5, 5.41) is 5.56. The Labute approximate surface area is 346 Å². The Bertz CT molecular complexity index is 2980. The third-order valence-corrected chi connectivity index (χ3v) is 19.6. The summed E-state index contributed by atoms with van der Waals surface area (Å²) in [6, 6.07) is 61.3. The van der Waals surface area contributed by atoms with Crippen molar-refractivity contribution in [3.05, 3.63) is 180 Å². The first-order valence-corrected chi connectivity index (χ1v) is 23.2. The minimum Gasteiger partial charge on any atom is -0.423 e. The second-order valence-electron chi connectivity index (χ2n) is 18.0. The molecule has 0 bridgehead atoms. The van der Waals surface area contributed by atoms with Gasteiger partial charge in [0.2, 0.25) is 0 Å². The van der Waals surface area contributed by atoms with Crippen LogP contribution < -0.4 is 20.7 Å². The Morgan fingerprint density at radius 1 is 0.569 bits per heavy atom. The van der Waals surface area contributed by atoms with Crippen LogP contribution in [0.3, 0.4) is 0 Å². The standard InChI is InChI=1S/C53H48N2OSSi/c1-51(2,3)42-34-37(32-33-38(42)39-24-18-28-44-48(39)54-50-55(44)43-27-15-16-29-45(43)56-50)58(35-20-10-8-11-21-35,36-22-12-9-13-23-36)47-31-19-26-41-49(47)57-46-30-17-14-25-40(46)52(4,5)53(41,6)7/h8-34H,1-7H3. The van der Waals surface area contributed by atoms with Crippen LogP contribution in [-0.2, 0) is 16.2 Å². The summed E-state index contributed by atoms with van der Waals surface area (Å²) in [7, 11) is -3.02. The Balaban J connectivity index is 1.29. The molecule has 58 heavy (non-hydrogen) atoms. The lowest BCUT2D eigenvalue weighted by atomic mass is 9.61. The number of hydrogen-bond donors (Lipinski definition) is 0. The molecule has 1 aliphatic heterocycles. The molecule has 0 amide bonds. The van der Waals surface area contributed by atoms with Crippen molar-refractivity contribution >= 4 is 68.6 Å². The van der Waals surface area contributed by atoms with Crippen LogP contribution in [-0.4, -0.2) is 17.5 Å². The van der Waals surface area contributed by atoms with E-state index in [1.54, 1.807) is 0 Å². The summed E-state index contributed by atoms with van der Waals surface area (Å²) in [5.41, 5.74) is 9.88. The minimum absolute atomic E-state index is 0.104. The van der Waals surface area contributed by atoms with E-state index in [-0.39, 0.29) is 16.2 Å². The summed E-state index contributed by atoms with van der Waals surface area (Å²) in [4.78, 5) is 7.90. The minimum atomic E-state index is -3.02. The topological polar surface area (TPSA) is 30.4 Å². The molecule has 0 radical (unpaired) electrons. The van der Waals surface area contributed by atoms with Crippen molar-refractivity contribution in [2.45, 2.75) is 74.5 Å². The van der Waals surface area contributed by atoms with Gasteiger partial charge in [-0.05, 0) is 83.5 Å². The molecule has 7 aromatic carbocycles. The molecule has 3 nitrogen and oxygen atoms in total. The number of nitrogens with zero attached hydrogens (tertiary/aromatic N) is 2. The maximum Gasteiger partial charge on any atom is 0.307 e. The van der Waals surface area contributed by atoms with E-state index in [1.807, 2.05) is 23.9 Å². The predicted molar refractivity (Wildman–Crippen MR) is 247 cm³/mol. The number of para-hydroxylation sites is 3. The quantitative estimate of drug-likeness (QED) is 0.129. The molecule has 1 aliphatic rings. The van der Waals surface area contributed by atoms with Crippen LogP contribution in [0.2, 0.25) is 0 Å². The second-order valence-corrected chi connectivity index (χ2v) is 22.8. The maximum atomic E-state index is 6.30. The predicted octanol–water partition coefficient (Wildman–Crippen LogP) is 11.3. The van der Waals surface area contributed by atoms with E-state index in [2.05, 4.69) is 205 Å². The first-order valence-electron chi connectivity index (χ1n) is 20.4. The van der Waals surface area contributed by atoms with Gasteiger partial charge in [0.05, 0.1) is 11.0 Å². The average molecular weight is 789 g/mol. The number of benzene rings is 7. The summed E-state index contributed by atoms with van der Waals surface area (Å²) in [6.45, 7) is 16.8. The van der Waals surface area contributed by atoms with Crippen LogP contribution in [0.25, 0.3) is 39.1 Å². The van der Waals surface area contributed by atoms with Crippen LogP contribution in [0, 0.1) is 0 Å². The maximum absolute atomic E-state index is 6.30. The monoisotopic (exact) mass is 788 g/mol. The fourth-order valence-electron chi connectivity index (χ4n) is 9.69. The molecule has 3 heterocycles. The van der Waals surface area contributed by atoms with Crippen LogP contribution in [0.1, 0.15) is 65.2 Å². The van der Waals surface area contributed by atoms with Crippen molar-refractivity contribution in [3.63, 3.8) is 0 Å². The van der Waals surface area contributed by atoms with Crippen LogP contribution in [0.4, 0.5) is 0 Å². The third kappa shape index (κ3) is 5.29. The molecule has 0 saturated heterocycles. The largest absolute Gasteiger partial charge is 0.423 e. The van der Waals surface area contributed by atoms with E-state index in [0.29, 0.717) is 5.84 Å². The molecular weight excluding hydrogens is 741 g/mol. The van der Waals surface area contributed by atoms with Gasteiger partial charge in [-0.3, -0.25) is 4.40 Å². The zero-order chi connectivity index (χ0) is 40.0. The number of rotatable bonds is 5. The molecule has 0 N–H and O–H groups in total. The van der Waals surface area contributed by atoms with Gasteiger partial charge in [0, 0.05) is 15.4 Å². The Kier molecular flexibility index (Phi) is 8.35. The summed E-state index contributed by atoms with van der Waals surface area (Å²) in [6.07, 6.45) is 0. The highest BCUT2D eigenvalue weighted by atomic mass is 32.2. The summed E-state index contributed by atoms with van der Waals surface area (Å²) >= 11 is 1.98. The normalized spacial score (nSPS) is 15.0. The lowest BCUT2D eigenvalue weighted by molar-refractivity contribution is 0.296. The lowest BCUT2D eigenvalue weighted by Gasteiger charge is -2.43. The third-order valence-electron chi connectivity index (χ3n) is 13.4. The SMILES string of the molecule is CC(C)(C)c1cc([Si](c2ccccc2)(c2ccccc2)c2cccc3c2Sc2ccccc2C(C)(C)C3(C)C)ccc1-c1cccc2c1nc1oc3ccccc3n12. The van der Waals surface area contributed by atoms with E-state index in [4.69, 9.17) is 9.40 Å². The van der Waals surface area contributed by atoms with Gasteiger partial charge in [-0.2, -0.15) is 4.98 Å². The molecule has 2 aromatic heterocycles. The zero-order valence-corrected chi connectivity index (χ0v) is 36.1. The van der Waals surface area contributed by atoms with Gasteiger partial charge >= 0.3 is 5.84 Å². The Morgan fingerprint density at radius 3 is 1.90 bits per heavy atom. The summed E-state index contributed by atoms with van der Waals surface area (Å²) in [5.74, 6) is 0.618. The number of aromatic nitrogens is 2. The van der Waals surface area contributed by atoms with Gasteiger partial charge in [-0.25, -0.2) is 0 Å². The highest BCUT2D eigenvalue weighted by Crippen LogP contribution is 2.53. The highest BCUT2D eigenvalue weighted by molar-refractivity contribution is 7.99. The van der Waals surface area contributed by atoms with Crippen LogP contribution in [0.15, 0.2) is 178 Å². The van der Waals surface area contributed by atoms with Gasteiger partial charge < -0.3 is 4.42 Å². The van der Waals surface area contributed by atoms with Crippen molar-refractivity contribution in [1.82, 2.24) is 9.38 Å². The average Bonchev–Trinajstić information content (AvgIpc) is 3.77. The highest BCUT2D eigenvalue weighted by Gasteiger charge is 2.49. The summed E-state index contributed by atoms with van der Waals surface area (Å²) < 4.78 is 8.45. The van der Waals surface area contributed by atoms with Crippen molar-refractivity contribution in [3.8, 4) is 11.1 Å². The number of fused-ring (bicyclic) bond motifs is 7. The fraction of sp³-hybridized carbons (Fsp3) is 0.189. The molecule has 9 aromatic rings. The van der Waals surface area contributed by atoms with Crippen molar-refractivity contribution in [1.29, 1.82) is 0 Å². The molecule has 0 aliphatic carbocycles. The molecular formula is C53H48N2OSSi. The van der Waals surface area contributed by atoms with Gasteiger partial charge in [0.1, 0.15) is 5.52 Å². The van der Waals surface area contributed by atoms with E-state index in [9.17, 15) is 0 Å². The van der Waals surface area contributed by atoms with Gasteiger partial charge in [0.25, 0.3) is 0 Å². The van der Waals surface area contributed by atoms with Gasteiger partial charge in [-0.15, -0.1) is 0 Å². The second kappa shape index (κ2) is 13.2. The molecule has 0 fully saturated rings. The Morgan fingerprint density at radius 2 is 1.17 bits per heavy atom. The molecule has 10 rings (SSSR count). The van der Waals surface area contributed by atoms with E-state index >= 15 is 0 Å². The van der Waals surface area contributed by atoms with E-state index in [1.165, 1.54) is 52.8 Å².